The summed E-state index contributed by atoms with van der Waals surface area (Å²) in [6.07, 6.45) is 1.83. The molecule has 0 radical (unpaired) electrons. The quantitative estimate of drug-likeness (QED) is 0.906. The summed E-state index contributed by atoms with van der Waals surface area (Å²) in [6.45, 7) is 4.13. The Balaban J connectivity index is 2.48. The summed E-state index contributed by atoms with van der Waals surface area (Å²) in [4.78, 5) is 8.68. The van der Waals surface area contributed by atoms with E-state index >= 15 is 0 Å². The van der Waals surface area contributed by atoms with E-state index in [9.17, 15) is 0 Å². The fourth-order valence-corrected chi connectivity index (χ4v) is 1.81. The number of fused-ring (bicyclic) bond motifs is 1. The average molecular weight is 266 g/mol. The van der Waals surface area contributed by atoms with Crippen molar-refractivity contribution in [1.29, 1.82) is 0 Å². The van der Waals surface area contributed by atoms with Gasteiger partial charge in [-0.15, -0.1) is 0 Å². The van der Waals surface area contributed by atoms with E-state index in [1.807, 2.05) is 24.4 Å². The maximum absolute atomic E-state index is 4.42. The summed E-state index contributed by atoms with van der Waals surface area (Å²) in [5, 5.41) is 4.21. The van der Waals surface area contributed by atoms with Crippen molar-refractivity contribution in [3.63, 3.8) is 0 Å². The molecular formula is C11H12BrN3. The first-order valence-corrected chi connectivity index (χ1v) is 5.64. The zero-order chi connectivity index (χ0) is 10.8. The largest absolute Gasteiger partial charge is 0.352 e. The topological polar surface area (TPSA) is 37.8 Å². The molecule has 2 rings (SSSR count). The van der Waals surface area contributed by atoms with Gasteiger partial charge in [0.05, 0.1) is 5.52 Å². The second-order valence-corrected chi connectivity index (χ2v) is 4.52. The van der Waals surface area contributed by atoms with Crippen molar-refractivity contribution in [2.24, 2.45) is 0 Å². The number of rotatable bonds is 2. The lowest BCUT2D eigenvalue weighted by molar-refractivity contribution is 0.878. The maximum atomic E-state index is 4.42. The Hall–Kier alpha value is -1.16. The van der Waals surface area contributed by atoms with E-state index in [4.69, 9.17) is 0 Å². The summed E-state index contributed by atoms with van der Waals surface area (Å²) < 4.78 is 1.02. The van der Waals surface area contributed by atoms with Crippen molar-refractivity contribution in [2.75, 3.05) is 5.32 Å². The number of aromatic nitrogens is 2. The second-order valence-electron chi connectivity index (χ2n) is 3.67. The maximum Gasteiger partial charge on any atom is 0.223 e. The monoisotopic (exact) mass is 265 g/mol. The molecule has 0 amide bonds. The lowest BCUT2D eigenvalue weighted by Gasteiger charge is -2.08. The summed E-state index contributed by atoms with van der Waals surface area (Å²) in [5.74, 6) is 0.676. The summed E-state index contributed by atoms with van der Waals surface area (Å²) >= 11 is 3.47. The molecule has 4 heteroatoms. The van der Waals surface area contributed by atoms with Gasteiger partial charge in [-0.3, -0.25) is 0 Å². The Labute approximate surface area is 97.1 Å². The predicted octanol–water partition coefficient (Wildman–Crippen LogP) is 3.21. The van der Waals surface area contributed by atoms with Crippen molar-refractivity contribution in [1.82, 2.24) is 9.97 Å². The molecule has 0 aliphatic heterocycles. The molecule has 1 aromatic heterocycles. The van der Waals surface area contributed by atoms with Crippen LogP contribution in [0.4, 0.5) is 5.95 Å². The zero-order valence-corrected chi connectivity index (χ0v) is 10.2. The molecule has 1 aromatic carbocycles. The first-order chi connectivity index (χ1) is 7.16. The number of halogens is 1. The van der Waals surface area contributed by atoms with Crippen molar-refractivity contribution in [3.05, 3.63) is 28.9 Å². The van der Waals surface area contributed by atoms with Gasteiger partial charge < -0.3 is 5.32 Å². The van der Waals surface area contributed by atoms with Crippen LogP contribution in [-0.2, 0) is 0 Å². The zero-order valence-electron chi connectivity index (χ0n) is 8.66. The molecule has 3 nitrogen and oxygen atoms in total. The number of hydrogen-bond acceptors (Lipinski definition) is 3. The van der Waals surface area contributed by atoms with Crippen LogP contribution < -0.4 is 5.32 Å². The molecule has 0 saturated carbocycles. The summed E-state index contributed by atoms with van der Waals surface area (Å²) in [6, 6.07) is 6.28. The van der Waals surface area contributed by atoms with E-state index in [0.717, 1.165) is 15.4 Å². The van der Waals surface area contributed by atoms with E-state index in [1.165, 1.54) is 0 Å². The Kier molecular flexibility index (Phi) is 2.86. The molecule has 0 saturated heterocycles. The highest BCUT2D eigenvalue weighted by molar-refractivity contribution is 9.10. The minimum atomic E-state index is 0.342. The Morgan fingerprint density at radius 1 is 1.33 bits per heavy atom. The molecule has 1 heterocycles. The Morgan fingerprint density at radius 2 is 2.13 bits per heavy atom. The molecule has 0 atom stereocenters. The van der Waals surface area contributed by atoms with Crippen LogP contribution >= 0.6 is 15.9 Å². The molecular weight excluding hydrogens is 254 g/mol. The molecule has 15 heavy (non-hydrogen) atoms. The van der Waals surface area contributed by atoms with E-state index < -0.39 is 0 Å². The fraction of sp³-hybridized carbons (Fsp3) is 0.273. The average Bonchev–Trinajstić information content (AvgIpc) is 2.17. The highest BCUT2D eigenvalue weighted by Gasteiger charge is 2.02. The van der Waals surface area contributed by atoms with E-state index in [2.05, 4.69) is 45.1 Å². The third-order valence-electron chi connectivity index (χ3n) is 1.99. The van der Waals surface area contributed by atoms with Crippen molar-refractivity contribution < 1.29 is 0 Å². The van der Waals surface area contributed by atoms with Gasteiger partial charge >= 0.3 is 0 Å². The molecule has 0 bridgehead atoms. The number of nitrogens with one attached hydrogen (secondary N) is 1. The lowest BCUT2D eigenvalue weighted by Crippen LogP contribution is -2.12. The van der Waals surface area contributed by atoms with Gasteiger partial charge in [-0.2, -0.15) is 0 Å². The molecule has 0 unspecified atom stereocenters. The Bertz CT molecular complexity index is 482. The lowest BCUT2D eigenvalue weighted by atomic mass is 10.2. The first kappa shape index (κ1) is 10.4. The highest BCUT2D eigenvalue weighted by Crippen LogP contribution is 2.22. The van der Waals surface area contributed by atoms with E-state index in [1.54, 1.807) is 0 Å². The van der Waals surface area contributed by atoms with Gasteiger partial charge in [-0.1, -0.05) is 22.0 Å². The number of anilines is 1. The summed E-state index contributed by atoms with van der Waals surface area (Å²) in [5.41, 5.74) is 0.947. The van der Waals surface area contributed by atoms with Crippen LogP contribution in [0.25, 0.3) is 10.9 Å². The van der Waals surface area contributed by atoms with Gasteiger partial charge in [0.15, 0.2) is 0 Å². The highest BCUT2D eigenvalue weighted by atomic mass is 79.9. The SMILES string of the molecule is CC(C)Nc1ncc2c(Br)cccc2n1. The molecule has 0 aliphatic carbocycles. The normalized spacial score (nSPS) is 10.9. The van der Waals surface area contributed by atoms with Crippen LogP contribution in [0.3, 0.4) is 0 Å². The molecule has 2 aromatic rings. The van der Waals surface area contributed by atoms with Crippen molar-refractivity contribution >= 4 is 32.8 Å². The fourth-order valence-electron chi connectivity index (χ4n) is 1.35. The van der Waals surface area contributed by atoms with Crippen LogP contribution in [0.15, 0.2) is 28.9 Å². The third-order valence-corrected chi connectivity index (χ3v) is 2.68. The van der Waals surface area contributed by atoms with Crippen LogP contribution in [0.2, 0.25) is 0 Å². The molecule has 0 fully saturated rings. The van der Waals surface area contributed by atoms with Gasteiger partial charge in [0, 0.05) is 22.1 Å². The number of hydrogen-bond donors (Lipinski definition) is 1. The van der Waals surface area contributed by atoms with Gasteiger partial charge in [-0.25, -0.2) is 9.97 Å². The van der Waals surface area contributed by atoms with E-state index in [-0.39, 0.29) is 0 Å². The smallest absolute Gasteiger partial charge is 0.223 e. The van der Waals surface area contributed by atoms with E-state index in [0.29, 0.717) is 12.0 Å². The summed E-state index contributed by atoms with van der Waals surface area (Å²) in [7, 11) is 0. The van der Waals surface area contributed by atoms with Gasteiger partial charge in [-0.05, 0) is 26.0 Å². The predicted molar refractivity (Wildman–Crippen MR) is 66.0 cm³/mol. The number of nitrogens with zero attached hydrogens (tertiary/aromatic N) is 2. The van der Waals surface area contributed by atoms with Crippen LogP contribution in [0.5, 0.6) is 0 Å². The third kappa shape index (κ3) is 2.26. The van der Waals surface area contributed by atoms with Gasteiger partial charge in [0.2, 0.25) is 5.95 Å². The minimum Gasteiger partial charge on any atom is -0.352 e. The van der Waals surface area contributed by atoms with Crippen LogP contribution in [0.1, 0.15) is 13.8 Å². The number of benzene rings is 1. The van der Waals surface area contributed by atoms with Crippen LogP contribution in [0, 0.1) is 0 Å². The van der Waals surface area contributed by atoms with Crippen LogP contribution in [-0.4, -0.2) is 16.0 Å². The van der Waals surface area contributed by atoms with Gasteiger partial charge in [0.25, 0.3) is 0 Å². The first-order valence-electron chi connectivity index (χ1n) is 4.84. The second kappa shape index (κ2) is 4.14. The molecule has 0 aliphatic rings. The van der Waals surface area contributed by atoms with Crippen molar-refractivity contribution in [2.45, 2.75) is 19.9 Å². The molecule has 78 valence electrons. The molecule has 1 N–H and O–H groups in total. The van der Waals surface area contributed by atoms with Crippen molar-refractivity contribution in [3.8, 4) is 0 Å². The standard InChI is InChI=1S/C11H12BrN3/c1-7(2)14-11-13-6-8-9(12)4-3-5-10(8)15-11/h3-7H,1-2H3,(H,13,14,15). The molecule has 0 spiro atoms. The Morgan fingerprint density at radius 3 is 2.87 bits per heavy atom. The minimum absolute atomic E-state index is 0.342. The van der Waals surface area contributed by atoms with Gasteiger partial charge in [0.1, 0.15) is 0 Å².